The number of pyridine rings is 1. The molecule has 0 fully saturated rings. The molecule has 0 atom stereocenters. The lowest BCUT2D eigenvalue weighted by atomic mass is 10.2. The van der Waals surface area contributed by atoms with Crippen LogP contribution in [0.1, 0.15) is 10.4 Å². The van der Waals surface area contributed by atoms with Gasteiger partial charge < -0.3 is 15.0 Å². The quantitative estimate of drug-likeness (QED) is 0.717. The van der Waals surface area contributed by atoms with E-state index in [1.54, 1.807) is 48.8 Å². The Morgan fingerprint density at radius 3 is 2.91 bits per heavy atom. The molecule has 0 bridgehead atoms. The fourth-order valence-corrected chi connectivity index (χ4v) is 2.12. The van der Waals surface area contributed by atoms with E-state index in [1.807, 2.05) is 0 Å². The first-order chi connectivity index (χ1) is 11.2. The lowest BCUT2D eigenvalue weighted by Crippen LogP contribution is -2.12. The van der Waals surface area contributed by atoms with Crippen LogP contribution in [0.2, 0.25) is 0 Å². The van der Waals surface area contributed by atoms with Gasteiger partial charge in [0.1, 0.15) is 10.4 Å². The summed E-state index contributed by atoms with van der Waals surface area (Å²) in [6.07, 6.45) is 6.29. The Bertz CT molecular complexity index is 880. The molecule has 2 N–H and O–H groups in total. The van der Waals surface area contributed by atoms with Crippen molar-refractivity contribution >= 4 is 23.8 Å². The molecule has 7 heteroatoms. The number of nitrogens with zero attached hydrogens (tertiary/aromatic N) is 2. The third-order valence-corrected chi connectivity index (χ3v) is 3.25. The zero-order chi connectivity index (χ0) is 16.1. The van der Waals surface area contributed by atoms with Gasteiger partial charge in [0.15, 0.2) is 0 Å². The van der Waals surface area contributed by atoms with Crippen molar-refractivity contribution in [2.24, 2.45) is 0 Å². The number of hydrogen-bond donors (Lipinski definition) is 2. The molecular weight excluding hydrogens is 312 g/mol. The molecule has 23 heavy (non-hydrogen) atoms. The van der Waals surface area contributed by atoms with Gasteiger partial charge >= 0.3 is 0 Å². The minimum absolute atomic E-state index is 0.288. The zero-order valence-corrected chi connectivity index (χ0v) is 12.7. The Morgan fingerprint density at radius 1 is 1.22 bits per heavy atom. The third-order valence-electron chi connectivity index (χ3n) is 2.92. The van der Waals surface area contributed by atoms with Gasteiger partial charge in [-0.05, 0) is 24.3 Å². The molecule has 0 aliphatic rings. The maximum absolute atomic E-state index is 12.2. The molecule has 1 amide bonds. The first-order valence-electron chi connectivity index (χ1n) is 6.75. The lowest BCUT2D eigenvalue weighted by molar-refractivity contribution is 0.102. The van der Waals surface area contributed by atoms with Gasteiger partial charge in [-0.1, -0.05) is 18.3 Å². The van der Waals surface area contributed by atoms with Crippen molar-refractivity contribution in [1.82, 2.24) is 15.0 Å². The number of rotatable bonds is 4. The minimum atomic E-state index is -0.288. The molecule has 0 aliphatic carbocycles. The van der Waals surface area contributed by atoms with E-state index < -0.39 is 0 Å². The number of benzene rings is 1. The molecule has 0 unspecified atom stereocenters. The molecular formula is C16H12N4O2S. The summed E-state index contributed by atoms with van der Waals surface area (Å²) in [7, 11) is 0. The van der Waals surface area contributed by atoms with Crippen LogP contribution in [0.25, 0.3) is 0 Å². The van der Waals surface area contributed by atoms with Crippen molar-refractivity contribution in [3.63, 3.8) is 0 Å². The van der Waals surface area contributed by atoms with Crippen LogP contribution < -0.4 is 10.1 Å². The normalized spacial score (nSPS) is 10.1. The molecule has 0 radical (unpaired) electrons. The molecule has 2 heterocycles. The highest BCUT2D eigenvalue weighted by Crippen LogP contribution is 2.22. The molecule has 1 aromatic carbocycles. The van der Waals surface area contributed by atoms with Crippen molar-refractivity contribution in [3.05, 3.63) is 71.4 Å². The van der Waals surface area contributed by atoms with E-state index in [0.717, 1.165) is 0 Å². The highest BCUT2D eigenvalue weighted by atomic mass is 32.1. The maximum Gasteiger partial charge on any atom is 0.258 e. The highest BCUT2D eigenvalue weighted by Gasteiger charge is 2.08. The van der Waals surface area contributed by atoms with Gasteiger partial charge in [-0.3, -0.25) is 9.78 Å². The van der Waals surface area contributed by atoms with Gasteiger partial charge in [-0.2, -0.15) is 0 Å². The number of hydrogen-bond acceptors (Lipinski definition) is 5. The van der Waals surface area contributed by atoms with Gasteiger partial charge in [0, 0.05) is 30.3 Å². The predicted octanol–water partition coefficient (Wildman–Crippen LogP) is 3.58. The summed E-state index contributed by atoms with van der Waals surface area (Å²) in [6, 6.07) is 10.4. The van der Waals surface area contributed by atoms with Crippen LogP contribution in [0, 0.1) is 4.64 Å². The van der Waals surface area contributed by atoms with Crippen molar-refractivity contribution in [3.8, 4) is 11.6 Å². The van der Waals surface area contributed by atoms with Crippen LogP contribution in [0.15, 0.2) is 61.2 Å². The SMILES string of the molecule is O=C(Nc1cccc(Oc2cnccn2)c1)c1ccc[nH]c1=S. The summed E-state index contributed by atoms with van der Waals surface area (Å²) in [6.45, 7) is 0. The molecule has 0 saturated carbocycles. The number of nitrogens with one attached hydrogen (secondary N) is 2. The zero-order valence-electron chi connectivity index (χ0n) is 11.9. The van der Waals surface area contributed by atoms with Crippen molar-refractivity contribution in [2.45, 2.75) is 0 Å². The molecule has 6 nitrogen and oxygen atoms in total. The van der Waals surface area contributed by atoms with Crippen molar-refractivity contribution in [1.29, 1.82) is 0 Å². The smallest absolute Gasteiger partial charge is 0.258 e. The number of aromatic nitrogens is 3. The highest BCUT2D eigenvalue weighted by molar-refractivity contribution is 7.71. The number of carbonyl (C=O) groups is 1. The van der Waals surface area contributed by atoms with Gasteiger partial charge in [0.05, 0.1) is 11.8 Å². The molecule has 0 saturated heterocycles. The average Bonchev–Trinajstić information content (AvgIpc) is 2.56. The summed E-state index contributed by atoms with van der Waals surface area (Å²) in [5.41, 5.74) is 0.998. The average molecular weight is 324 g/mol. The Labute approximate surface area is 137 Å². The molecule has 114 valence electrons. The minimum Gasteiger partial charge on any atom is -0.437 e. The Kier molecular flexibility index (Phi) is 4.39. The standard InChI is InChI=1S/C16H12N4O2S/c21-15(13-5-2-6-19-16(13)23)20-11-3-1-4-12(9-11)22-14-10-17-7-8-18-14/h1-10H,(H,19,23)(H,20,21). The number of ether oxygens (including phenoxy) is 1. The summed E-state index contributed by atoms with van der Waals surface area (Å²) < 4.78 is 5.96. The second-order valence-electron chi connectivity index (χ2n) is 4.54. The van der Waals surface area contributed by atoms with E-state index in [2.05, 4.69) is 20.3 Å². The molecule has 0 spiro atoms. The van der Waals surface area contributed by atoms with Crippen LogP contribution in [0.5, 0.6) is 11.6 Å². The van der Waals surface area contributed by atoms with Gasteiger partial charge in [0.2, 0.25) is 5.88 Å². The Hall–Kier alpha value is -3.06. The van der Waals surface area contributed by atoms with E-state index in [4.69, 9.17) is 17.0 Å². The molecule has 2 aromatic heterocycles. The van der Waals surface area contributed by atoms with Crippen LogP contribution in [0.3, 0.4) is 0 Å². The number of amides is 1. The van der Waals surface area contributed by atoms with Crippen LogP contribution in [-0.4, -0.2) is 20.9 Å². The molecule has 3 aromatic rings. The van der Waals surface area contributed by atoms with Gasteiger partial charge in [-0.25, -0.2) is 4.98 Å². The van der Waals surface area contributed by atoms with Gasteiger partial charge in [0.25, 0.3) is 5.91 Å². The van der Waals surface area contributed by atoms with E-state index in [0.29, 0.717) is 27.5 Å². The Morgan fingerprint density at radius 2 is 2.13 bits per heavy atom. The van der Waals surface area contributed by atoms with E-state index in [-0.39, 0.29) is 5.91 Å². The summed E-state index contributed by atoms with van der Waals surface area (Å²) in [5, 5.41) is 2.78. The number of anilines is 1. The fraction of sp³-hybridized carbons (Fsp3) is 0. The largest absolute Gasteiger partial charge is 0.437 e. The number of aromatic amines is 1. The second kappa shape index (κ2) is 6.80. The first kappa shape index (κ1) is 14.9. The summed E-state index contributed by atoms with van der Waals surface area (Å²) in [4.78, 5) is 23.0. The van der Waals surface area contributed by atoms with E-state index in [9.17, 15) is 4.79 Å². The van der Waals surface area contributed by atoms with Crippen molar-refractivity contribution in [2.75, 3.05) is 5.32 Å². The summed E-state index contributed by atoms with van der Waals surface area (Å²) in [5.74, 6) is 0.631. The third kappa shape index (κ3) is 3.78. The fourth-order valence-electron chi connectivity index (χ4n) is 1.90. The second-order valence-corrected chi connectivity index (χ2v) is 4.95. The first-order valence-corrected chi connectivity index (χ1v) is 7.16. The Balaban J connectivity index is 1.77. The number of carbonyl (C=O) groups excluding carboxylic acids is 1. The summed E-state index contributed by atoms with van der Waals surface area (Å²) >= 11 is 5.10. The van der Waals surface area contributed by atoms with Crippen LogP contribution >= 0.6 is 12.2 Å². The van der Waals surface area contributed by atoms with E-state index >= 15 is 0 Å². The lowest BCUT2D eigenvalue weighted by Gasteiger charge is -2.08. The molecule has 3 rings (SSSR count). The monoisotopic (exact) mass is 324 g/mol. The van der Waals surface area contributed by atoms with Gasteiger partial charge in [-0.15, -0.1) is 0 Å². The maximum atomic E-state index is 12.2. The predicted molar refractivity (Wildman–Crippen MR) is 88.1 cm³/mol. The molecule has 0 aliphatic heterocycles. The topological polar surface area (TPSA) is 79.9 Å². The van der Waals surface area contributed by atoms with Crippen molar-refractivity contribution < 1.29 is 9.53 Å². The van der Waals surface area contributed by atoms with Crippen LogP contribution in [-0.2, 0) is 0 Å². The van der Waals surface area contributed by atoms with Crippen LogP contribution in [0.4, 0.5) is 5.69 Å². The number of H-pyrrole nitrogens is 1. The van der Waals surface area contributed by atoms with E-state index in [1.165, 1.54) is 12.4 Å².